The SMILES string of the molecule is CCOC(=O)CN(C)C1CCCN(C(=O)c2ccc(NC(=O)c3ccccc3C)cc2)c2ccccc21. The zero-order chi connectivity index (χ0) is 26.4. The minimum absolute atomic E-state index is 0.00237. The van der Waals surface area contributed by atoms with Gasteiger partial charge >= 0.3 is 5.97 Å². The second-order valence-corrected chi connectivity index (χ2v) is 9.24. The van der Waals surface area contributed by atoms with Crippen molar-refractivity contribution in [2.45, 2.75) is 32.7 Å². The Hall–Kier alpha value is -3.97. The fraction of sp³-hybridized carbons (Fsp3) is 0.300. The number of ether oxygens (including phenoxy) is 1. The molecule has 0 spiro atoms. The molecule has 3 aromatic carbocycles. The Bertz CT molecular complexity index is 1270. The highest BCUT2D eigenvalue weighted by molar-refractivity contribution is 6.08. The lowest BCUT2D eigenvalue weighted by Crippen LogP contribution is -2.32. The first kappa shape index (κ1) is 26.1. The quantitative estimate of drug-likeness (QED) is 0.451. The molecule has 0 aliphatic carbocycles. The van der Waals surface area contributed by atoms with Gasteiger partial charge in [0.15, 0.2) is 0 Å². The predicted octanol–water partition coefficient (Wildman–Crippen LogP) is 5.22. The summed E-state index contributed by atoms with van der Waals surface area (Å²) in [7, 11) is 1.92. The molecule has 0 radical (unpaired) electrons. The number of anilines is 2. The van der Waals surface area contributed by atoms with Gasteiger partial charge in [0.05, 0.1) is 13.2 Å². The average Bonchev–Trinajstić information content (AvgIpc) is 3.09. The number of fused-ring (bicyclic) bond motifs is 1. The zero-order valence-electron chi connectivity index (χ0n) is 21.6. The fourth-order valence-corrected chi connectivity index (χ4v) is 4.80. The summed E-state index contributed by atoms with van der Waals surface area (Å²) in [6, 6.07) is 22.3. The Labute approximate surface area is 218 Å². The summed E-state index contributed by atoms with van der Waals surface area (Å²) < 4.78 is 5.13. The van der Waals surface area contributed by atoms with Gasteiger partial charge in [0.1, 0.15) is 0 Å². The van der Waals surface area contributed by atoms with Crippen molar-refractivity contribution in [1.29, 1.82) is 0 Å². The number of hydrogen-bond acceptors (Lipinski definition) is 5. The number of nitrogens with zero attached hydrogens (tertiary/aromatic N) is 2. The maximum Gasteiger partial charge on any atom is 0.320 e. The number of amides is 2. The van der Waals surface area contributed by atoms with Crippen LogP contribution in [0.4, 0.5) is 11.4 Å². The first-order chi connectivity index (χ1) is 17.9. The van der Waals surface area contributed by atoms with Gasteiger partial charge < -0.3 is 15.0 Å². The third kappa shape index (κ3) is 6.06. The second-order valence-electron chi connectivity index (χ2n) is 9.24. The van der Waals surface area contributed by atoms with Crippen LogP contribution in [0.5, 0.6) is 0 Å². The normalized spacial score (nSPS) is 15.0. The van der Waals surface area contributed by atoms with Gasteiger partial charge in [-0.25, -0.2) is 0 Å². The molecule has 0 aromatic heterocycles. The monoisotopic (exact) mass is 499 g/mol. The summed E-state index contributed by atoms with van der Waals surface area (Å²) in [6.07, 6.45) is 1.61. The van der Waals surface area contributed by atoms with E-state index in [1.165, 1.54) is 0 Å². The molecule has 1 unspecified atom stereocenters. The standard InChI is InChI=1S/C30H33N3O4/c1-4-37-28(34)20-32(3)26-14-9-19-33(27-13-8-7-12-25(26)27)30(36)22-15-17-23(18-16-22)31-29(35)24-11-6-5-10-21(24)2/h5-8,10-13,15-18,26H,4,9,14,19-20H2,1-3H3,(H,31,35). The summed E-state index contributed by atoms with van der Waals surface area (Å²) in [5, 5.41) is 2.91. The predicted molar refractivity (Wildman–Crippen MR) is 145 cm³/mol. The molecule has 7 nitrogen and oxygen atoms in total. The van der Waals surface area contributed by atoms with E-state index in [1.807, 2.05) is 66.2 Å². The molecular formula is C30H33N3O4. The molecule has 192 valence electrons. The molecule has 7 heteroatoms. The van der Waals surface area contributed by atoms with Crippen molar-refractivity contribution in [3.8, 4) is 0 Å². The highest BCUT2D eigenvalue weighted by Gasteiger charge is 2.29. The van der Waals surface area contributed by atoms with E-state index < -0.39 is 0 Å². The smallest absolute Gasteiger partial charge is 0.320 e. The van der Waals surface area contributed by atoms with Gasteiger partial charge in [0, 0.05) is 35.1 Å². The van der Waals surface area contributed by atoms with Crippen LogP contribution in [-0.2, 0) is 9.53 Å². The molecule has 0 fully saturated rings. The summed E-state index contributed by atoms with van der Waals surface area (Å²) >= 11 is 0. The Morgan fingerprint density at radius 3 is 2.43 bits per heavy atom. The van der Waals surface area contributed by atoms with Crippen LogP contribution >= 0.6 is 0 Å². The number of hydrogen-bond donors (Lipinski definition) is 1. The molecule has 0 bridgehead atoms. The summed E-state index contributed by atoms with van der Waals surface area (Å²) in [5.41, 5.74) is 4.55. The number of esters is 1. The molecule has 0 saturated carbocycles. The number of likely N-dealkylation sites (N-methyl/N-ethyl adjacent to an activating group) is 1. The number of carbonyl (C=O) groups is 3. The van der Waals surface area contributed by atoms with E-state index in [2.05, 4.69) is 5.32 Å². The molecule has 0 saturated heterocycles. The lowest BCUT2D eigenvalue weighted by molar-refractivity contribution is -0.144. The molecule has 1 atom stereocenters. The van der Waals surface area contributed by atoms with Gasteiger partial charge in [-0.05, 0) is 81.3 Å². The van der Waals surface area contributed by atoms with Crippen molar-refractivity contribution in [1.82, 2.24) is 4.90 Å². The minimum Gasteiger partial charge on any atom is -0.465 e. The summed E-state index contributed by atoms with van der Waals surface area (Å²) in [4.78, 5) is 42.2. The number of nitrogens with one attached hydrogen (secondary N) is 1. The van der Waals surface area contributed by atoms with Gasteiger partial charge in [-0.2, -0.15) is 0 Å². The van der Waals surface area contributed by atoms with Crippen LogP contribution in [0.2, 0.25) is 0 Å². The van der Waals surface area contributed by atoms with Crippen LogP contribution in [0.1, 0.15) is 57.7 Å². The molecule has 1 aliphatic rings. The Morgan fingerprint density at radius 1 is 1.00 bits per heavy atom. The van der Waals surface area contributed by atoms with E-state index in [9.17, 15) is 14.4 Å². The number of aryl methyl sites for hydroxylation is 1. The lowest BCUT2D eigenvalue weighted by Gasteiger charge is -2.29. The Morgan fingerprint density at radius 2 is 1.70 bits per heavy atom. The summed E-state index contributed by atoms with van der Waals surface area (Å²) in [6.45, 7) is 4.81. The Balaban J connectivity index is 1.51. The largest absolute Gasteiger partial charge is 0.465 e. The highest BCUT2D eigenvalue weighted by atomic mass is 16.5. The first-order valence-electron chi connectivity index (χ1n) is 12.6. The Kier molecular flexibility index (Phi) is 8.36. The van der Waals surface area contributed by atoms with Crippen molar-refractivity contribution in [3.05, 3.63) is 95.1 Å². The maximum absolute atomic E-state index is 13.6. The number of rotatable bonds is 7. The molecule has 1 heterocycles. The molecule has 37 heavy (non-hydrogen) atoms. The van der Waals surface area contributed by atoms with Crippen LogP contribution in [0.3, 0.4) is 0 Å². The van der Waals surface area contributed by atoms with Crippen molar-refractivity contribution in [2.75, 3.05) is 37.0 Å². The van der Waals surface area contributed by atoms with E-state index in [0.29, 0.717) is 30.0 Å². The van der Waals surface area contributed by atoms with Gasteiger partial charge in [-0.1, -0.05) is 36.4 Å². The topological polar surface area (TPSA) is 79.0 Å². The van der Waals surface area contributed by atoms with E-state index in [-0.39, 0.29) is 30.4 Å². The van der Waals surface area contributed by atoms with Crippen molar-refractivity contribution >= 4 is 29.2 Å². The van der Waals surface area contributed by atoms with Crippen LogP contribution in [0.15, 0.2) is 72.8 Å². The lowest BCUT2D eigenvalue weighted by atomic mass is 10.00. The summed E-state index contributed by atoms with van der Waals surface area (Å²) in [5.74, 6) is -0.538. The maximum atomic E-state index is 13.6. The fourth-order valence-electron chi connectivity index (χ4n) is 4.80. The third-order valence-electron chi connectivity index (χ3n) is 6.69. The molecule has 4 rings (SSSR count). The van der Waals surface area contributed by atoms with Gasteiger partial charge in [0.2, 0.25) is 0 Å². The third-order valence-corrected chi connectivity index (χ3v) is 6.69. The van der Waals surface area contributed by atoms with Gasteiger partial charge in [0.25, 0.3) is 11.8 Å². The highest BCUT2D eigenvalue weighted by Crippen LogP contribution is 2.36. The number of carbonyl (C=O) groups excluding carboxylic acids is 3. The molecule has 2 amide bonds. The van der Waals surface area contributed by atoms with Crippen LogP contribution < -0.4 is 10.2 Å². The van der Waals surface area contributed by atoms with Crippen LogP contribution in [-0.4, -0.2) is 49.4 Å². The molecular weight excluding hydrogens is 466 g/mol. The van der Waals surface area contributed by atoms with E-state index in [1.54, 1.807) is 37.3 Å². The van der Waals surface area contributed by atoms with E-state index in [4.69, 9.17) is 4.74 Å². The number of benzene rings is 3. The molecule has 3 aromatic rings. The van der Waals surface area contributed by atoms with Crippen molar-refractivity contribution in [3.63, 3.8) is 0 Å². The first-order valence-corrected chi connectivity index (χ1v) is 12.6. The van der Waals surface area contributed by atoms with E-state index >= 15 is 0 Å². The van der Waals surface area contributed by atoms with Crippen LogP contribution in [0, 0.1) is 6.92 Å². The number of para-hydroxylation sites is 1. The zero-order valence-corrected chi connectivity index (χ0v) is 21.6. The van der Waals surface area contributed by atoms with Gasteiger partial charge in [-0.3, -0.25) is 19.3 Å². The second kappa shape index (κ2) is 11.8. The van der Waals surface area contributed by atoms with Crippen molar-refractivity contribution in [2.24, 2.45) is 0 Å². The average molecular weight is 500 g/mol. The van der Waals surface area contributed by atoms with Crippen LogP contribution in [0.25, 0.3) is 0 Å². The minimum atomic E-state index is -0.255. The van der Waals surface area contributed by atoms with Gasteiger partial charge in [-0.15, -0.1) is 0 Å². The van der Waals surface area contributed by atoms with E-state index in [0.717, 1.165) is 29.7 Å². The van der Waals surface area contributed by atoms with Crippen molar-refractivity contribution < 1.29 is 19.1 Å². The molecule has 1 N–H and O–H groups in total. The molecule has 1 aliphatic heterocycles.